The predicted octanol–water partition coefficient (Wildman–Crippen LogP) is 5.93. The fourth-order valence-corrected chi connectivity index (χ4v) is 2.33. The molecular formula is C18H21BrO. The van der Waals surface area contributed by atoms with Crippen molar-refractivity contribution in [2.75, 3.05) is 6.61 Å². The van der Waals surface area contributed by atoms with E-state index in [1.54, 1.807) is 0 Å². The molecule has 1 nitrogen and oxygen atoms in total. The average molecular weight is 333 g/mol. The van der Waals surface area contributed by atoms with Gasteiger partial charge in [0, 0.05) is 4.47 Å². The first kappa shape index (κ1) is 15.1. The van der Waals surface area contributed by atoms with Crippen molar-refractivity contribution < 1.29 is 4.74 Å². The summed E-state index contributed by atoms with van der Waals surface area (Å²) in [5, 5.41) is 0. The first-order valence-corrected chi connectivity index (χ1v) is 7.93. The summed E-state index contributed by atoms with van der Waals surface area (Å²) in [5.74, 6) is 1.70. The first-order valence-electron chi connectivity index (χ1n) is 7.14. The topological polar surface area (TPSA) is 9.23 Å². The molecule has 0 heterocycles. The Bertz CT molecular complexity index is 514. The Morgan fingerprint density at radius 3 is 2.00 bits per heavy atom. The Morgan fingerprint density at radius 2 is 1.45 bits per heavy atom. The normalized spacial score (nSPS) is 10.8. The van der Waals surface area contributed by atoms with Crippen LogP contribution in [0.4, 0.5) is 0 Å². The van der Waals surface area contributed by atoms with Crippen molar-refractivity contribution in [3.63, 3.8) is 0 Å². The molecule has 0 aliphatic rings. The monoisotopic (exact) mass is 332 g/mol. The minimum atomic E-state index is 0.749. The minimum absolute atomic E-state index is 0.749. The SMILES string of the molecule is CC(C)CCCOc1ccc(-c2ccc(Br)cc2)cc1. The first-order chi connectivity index (χ1) is 9.65. The van der Waals surface area contributed by atoms with Gasteiger partial charge >= 0.3 is 0 Å². The van der Waals surface area contributed by atoms with Crippen LogP contribution in [0, 0.1) is 5.92 Å². The molecule has 2 rings (SSSR count). The van der Waals surface area contributed by atoms with Crippen molar-refractivity contribution in [2.24, 2.45) is 5.92 Å². The summed E-state index contributed by atoms with van der Waals surface area (Å²) in [4.78, 5) is 0. The molecule has 2 aromatic carbocycles. The third-order valence-corrected chi connectivity index (χ3v) is 3.76. The summed E-state index contributed by atoms with van der Waals surface area (Å²) in [6.07, 6.45) is 2.34. The number of hydrogen-bond donors (Lipinski definition) is 0. The van der Waals surface area contributed by atoms with Crippen LogP contribution in [0.2, 0.25) is 0 Å². The van der Waals surface area contributed by atoms with Gasteiger partial charge in [-0.05, 0) is 54.2 Å². The molecule has 0 spiro atoms. The van der Waals surface area contributed by atoms with Gasteiger partial charge in [-0.2, -0.15) is 0 Å². The molecule has 2 heteroatoms. The van der Waals surface area contributed by atoms with Gasteiger partial charge < -0.3 is 4.74 Å². The van der Waals surface area contributed by atoms with E-state index in [-0.39, 0.29) is 0 Å². The van der Waals surface area contributed by atoms with E-state index in [1.165, 1.54) is 17.5 Å². The summed E-state index contributed by atoms with van der Waals surface area (Å²) >= 11 is 3.45. The second-order valence-corrected chi connectivity index (χ2v) is 6.33. The Hall–Kier alpha value is -1.28. The highest BCUT2D eigenvalue weighted by molar-refractivity contribution is 9.10. The van der Waals surface area contributed by atoms with E-state index in [9.17, 15) is 0 Å². The van der Waals surface area contributed by atoms with Crippen molar-refractivity contribution in [3.8, 4) is 16.9 Å². The lowest BCUT2D eigenvalue weighted by molar-refractivity contribution is 0.298. The largest absolute Gasteiger partial charge is 0.494 e. The molecule has 0 unspecified atom stereocenters. The second kappa shape index (κ2) is 7.49. The van der Waals surface area contributed by atoms with E-state index in [0.717, 1.165) is 29.2 Å². The van der Waals surface area contributed by atoms with Gasteiger partial charge in [0.25, 0.3) is 0 Å². The maximum atomic E-state index is 5.76. The van der Waals surface area contributed by atoms with Crippen LogP contribution in [0.5, 0.6) is 5.75 Å². The highest BCUT2D eigenvalue weighted by Crippen LogP contribution is 2.24. The molecule has 0 fully saturated rings. The van der Waals surface area contributed by atoms with Gasteiger partial charge in [0.2, 0.25) is 0 Å². The van der Waals surface area contributed by atoms with Gasteiger partial charge in [-0.15, -0.1) is 0 Å². The van der Waals surface area contributed by atoms with Gasteiger partial charge in [-0.3, -0.25) is 0 Å². The summed E-state index contributed by atoms with van der Waals surface area (Å²) in [7, 11) is 0. The van der Waals surface area contributed by atoms with Gasteiger partial charge in [-0.1, -0.05) is 54.0 Å². The highest BCUT2D eigenvalue weighted by Gasteiger charge is 2.00. The minimum Gasteiger partial charge on any atom is -0.494 e. The van der Waals surface area contributed by atoms with Crippen molar-refractivity contribution in [2.45, 2.75) is 26.7 Å². The number of benzene rings is 2. The molecule has 2 aromatic rings. The summed E-state index contributed by atoms with van der Waals surface area (Å²) in [6.45, 7) is 5.29. The highest BCUT2D eigenvalue weighted by atomic mass is 79.9. The number of halogens is 1. The van der Waals surface area contributed by atoms with Crippen LogP contribution in [0.3, 0.4) is 0 Å². The lowest BCUT2D eigenvalue weighted by Gasteiger charge is -2.08. The molecule has 106 valence electrons. The average Bonchev–Trinajstić information content (AvgIpc) is 2.45. The molecule has 0 aliphatic heterocycles. The smallest absolute Gasteiger partial charge is 0.119 e. The third-order valence-electron chi connectivity index (χ3n) is 3.23. The van der Waals surface area contributed by atoms with E-state index < -0.39 is 0 Å². The molecule has 0 N–H and O–H groups in total. The van der Waals surface area contributed by atoms with E-state index in [2.05, 4.69) is 66.2 Å². The van der Waals surface area contributed by atoms with Crippen LogP contribution in [0.25, 0.3) is 11.1 Å². The fourth-order valence-electron chi connectivity index (χ4n) is 2.07. The molecular weight excluding hydrogens is 312 g/mol. The molecule has 20 heavy (non-hydrogen) atoms. The Kier molecular flexibility index (Phi) is 5.66. The van der Waals surface area contributed by atoms with Crippen LogP contribution in [0.1, 0.15) is 26.7 Å². The molecule has 0 saturated heterocycles. The summed E-state index contributed by atoms with van der Waals surface area (Å²) in [5.41, 5.74) is 2.44. The zero-order valence-electron chi connectivity index (χ0n) is 12.1. The number of rotatable bonds is 6. The summed E-state index contributed by atoms with van der Waals surface area (Å²) < 4.78 is 6.86. The van der Waals surface area contributed by atoms with Crippen LogP contribution in [0.15, 0.2) is 53.0 Å². The van der Waals surface area contributed by atoms with Crippen LogP contribution in [-0.4, -0.2) is 6.61 Å². The predicted molar refractivity (Wildman–Crippen MR) is 89.1 cm³/mol. The maximum absolute atomic E-state index is 5.76. The van der Waals surface area contributed by atoms with E-state index in [4.69, 9.17) is 4.74 Å². The lowest BCUT2D eigenvalue weighted by Crippen LogP contribution is -1.99. The zero-order valence-corrected chi connectivity index (χ0v) is 13.7. The van der Waals surface area contributed by atoms with E-state index >= 15 is 0 Å². The maximum Gasteiger partial charge on any atom is 0.119 e. The molecule has 0 bridgehead atoms. The van der Waals surface area contributed by atoms with Gasteiger partial charge in [0.1, 0.15) is 5.75 Å². The fraction of sp³-hybridized carbons (Fsp3) is 0.333. The molecule has 0 amide bonds. The third kappa shape index (κ3) is 4.68. The van der Waals surface area contributed by atoms with Crippen molar-refractivity contribution >= 4 is 15.9 Å². The molecule has 0 aliphatic carbocycles. The molecule has 0 aromatic heterocycles. The zero-order chi connectivity index (χ0) is 14.4. The van der Waals surface area contributed by atoms with Crippen LogP contribution >= 0.6 is 15.9 Å². The van der Waals surface area contributed by atoms with E-state index in [1.807, 2.05) is 12.1 Å². The van der Waals surface area contributed by atoms with Crippen LogP contribution in [-0.2, 0) is 0 Å². The van der Waals surface area contributed by atoms with Crippen molar-refractivity contribution in [1.82, 2.24) is 0 Å². The second-order valence-electron chi connectivity index (χ2n) is 5.42. The molecule has 0 saturated carbocycles. The van der Waals surface area contributed by atoms with Gasteiger partial charge in [0.15, 0.2) is 0 Å². The Morgan fingerprint density at radius 1 is 0.900 bits per heavy atom. The van der Waals surface area contributed by atoms with Crippen molar-refractivity contribution in [3.05, 3.63) is 53.0 Å². The number of ether oxygens (including phenoxy) is 1. The lowest BCUT2D eigenvalue weighted by atomic mass is 10.1. The van der Waals surface area contributed by atoms with Crippen molar-refractivity contribution in [1.29, 1.82) is 0 Å². The van der Waals surface area contributed by atoms with Crippen LogP contribution < -0.4 is 4.74 Å². The molecule has 0 atom stereocenters. The van der Waals surface area contributed by atoms with Gasteiger partial charge in [-0.25, -0.2) is 0 Å². The van der Waals surface area contributed by atoms with Gasteiger partial charge in [0.05, 0.1) is 6.61 Å². The number of hydrogen-bond acceptors (Lipinski definition) is 1. The Labute approximate surface area is 130 Å². The molecule has 0 radical (unpaired) electrons. The standard InChI is InChI=1S/C18H21BrO/c1-14(2)4-3-13-20-18-11-7-16(8-12-18)15-5-9-17(19)10-6-15/h5-12,14H,3-4,13H2,1-2H3. The summed E-state index contributed by atoms with van der Waals surface area (Å²) in [6, 6.07) is 16.7. The van der Waals surface area contributed by atoms with E-state index in [0.29, 0.717) is 0 Å². The quantitative estimate of drug-likeness (QED) is 0.595. The Balaban J connectivity index is 1.91.